The van der Waals surface area contributed by atoms with Gasteiger partial charge in [0.15, 0.2) is 23.4 Å². The van der Waals surface area contributed by atoms with Crippen molar-refractivity contribution < 1.29 is 23.5 Å². The van der Waals surface area contributed by atoms with Crippen molar-refractivity contribution in [3.05, 3.63) is 101 Å². The summed E-state index contributed by atoms with van der Waals surface area (Å²) < 4.78 is 19.9. The minimum atomic E-state index is -0.960. The van der Waals surface area contributed by atoms with Gasteiger partial charge in [-0.05, 0) is 41.7 Å². The average molecular weight is 615 g/mol. The minimum absolute atomic E-state index is 0.0760. The summed E-state index contributed by atoms with van der Waals surface area (Å²) in [6.45, 7) is 3.99. The lowest BCUT2D eigenvalue weighted by Crippen LogP contribution is -2.45. The molecule has 0 saturated carbocycles. The number of nitrogens with two attached hydrogens (primary N) is 1. The maximum absolute atomic E-state index is 13.4. The van der Waals surface area contributed by atoms with Crippen molar-refractivity contribution in [3.8, 4) is 34.4 Å². The molecule has 4 atom stereocenters. The van der Waals surface area contributed by atoms with Gasteiger partial charge in [-0.25, -0.2) is 9.97 Å². The fourth-order valence-electron chi connectivity index (χ4n) is 7.21. The van der Waals surface area contributed by atoms with E-state index in [1.165, 1.54) is 0 Å². The van der Waals surface area contributed by atoms with Crippen LogP contribution in [0.3, 0.4) is 0 Å². The van der Waals surface area contributed by atoms with Crippen molar-refractivity contribution in [1.82, 2.24) is 20.3 Å². The first kappa shape index (κ1) is 26.8. The van der Waals surface area contributed by atoms with E-state index >= 15 is 0 Å². The number of nitrogens with one attached hydrogen (secondary N) is 3. The van der Waals surface area contributed by atoms with Crippen molar-refractivity contribution >= 4 is 22.5 Å². The first-order valence-electron chi connectivity index (χ1n) is 15.3. The van der Waals surface area contributed by atoms with E-state index in [1.54, 1.807) is 24.5 Å². The number of carbonyl (C=O) groups is 1. The molecule has 1 amide bonds. The number of aromatic amines is 1. The molecule has 9 rings (SSSR count). The van der Waals surface area contributed by atoms with E-state index in [1.807, 2.05) is 50.2 Å². The topological polar surface area (TPSA) is 164 Å². The number of phenolic OH excluding ortho intramolecular Hbond substituents is 1. The van der Waals surface area contributed by atoms with Gasteiger partial charge in [0, 0.05) is 28.4 Å². The molecule has 0 saturated heterocycles. The standard InChI is InChI=1S/C35H30N6O5/c1-16(2)27-33-41-29(32-38-15-26(44-32)19-14-37-28-18(19)6-5-9-24(28)42)30(46-33)35-20-7-3-4-8-23(20)39-34(35)45-25-11-10-17(12-21(25)35)13-22(36)31(43)40-27/h3-12,14-16,22,27,34,37,39,42H,13,36H2,1-2H3,(H,40,43)/t22-,27-,34?,35-/m0/s1. The highest BCUT2D eigenvalue weighted by molar-refractivity contribution is 5.97. The van der Waals surface area contributed by atoms with E-state index in [0.29, 0.717) is 40.8 Å². The highest BCUT2D eigenvalue weighted by atomic mass is 16.5. The molecule has 6 heterocycles. The molecule has 0 aliphatic carbocycles. The number of hydrogen-bond donors (Lipinski definition) is 5. The predicted octanol–water partition coefficient (Wildman–Crippen LogP) is 5.36. The van der Waals surface area contributed by atoms with E-state index in [4.69, 9.17) is 29.3 Å². The van der Waals surface area contributed by atoms with Gasteiger partial charge in [0.25, 0.3) is 0 Å². The Morgan fingerprint density at radius 3 is 2.78 bits per heavy atom. The number of H-pyrrole nitrogens is 1. The zero-order chi connectivity index (χ0) is 31.3. The van der Waals surface area contributed by atoms with Gasteiger partial charge in [-0.2, -0.15) is 0 Å². The molecular formula is C35H30N6O5. The summed E-state index contributed by atoms with van der Waals surface area (Å²) in [5, 5.41) is 17.8. The van der Waals surface area contributed by atoms with Crippen molar-refractivity contribution in [1.29, 1.82) is 0 Å². The Labute approximate surface area is 262 Å². The van der Waals surface area contributed by atoms with Crippen LogP contribution in [0.2, 0.25) is 0 Å². The number of anilines is 1. The van der Waals surface area contributed by atoms with Crippen molar-refractivity contribution in [2.45, 2.75) is 44.0 Å². The number of phenols is 1. The van der Waals surface area contributed by atoms with Crippen LogP contribution in [0.25, 0.3) is 33.8 Å². The van der Waals surface area contributed by atoms with Crippen LogP contribution in [-0.2, 0) is 16.6 Å². The quantitative estimate of drug-likeness (QED) is 0.177. The van der Waals surface area contributed by atoms with Gasteiger partial charge in [0.2, 0.25) is 17.7 Å². The van der Waals surface area contributed by atoms with Crippen LogP contribution in [0.5, 0.6) is 11.5 Å². The maximum atomic E-state index is 13.4. The average Bonchev–Trinajstić information content (AvgIpc) is 3.86. The number of aromatic hydroxyl groups is 1. The van der Waals surface area contributed by atoms with Crippen LogP contribution in [0, 0.1) is 5.92 Å². The summed E-state index contributed by atoms with van der Waals surface area (Å²) >= 11 is 0. The minimum Gasteiger partial charge on any atom is -0.506 e. The number of amides is 1. The predicted molar refractivity (Wildman–Crippen MR) is 169 cm³/mol. The Hall–Kier alpha value is -5.55. The molecule has 230 valence electrons. The van der Waals surface area contributed by atoms with Crippen LogP contribution < -0.4 is 21.1 Å². The maximum Gasteiger partial charge on any atom is 0.249 e. The summed E-state index contributed by atoms with van der Waals surface area (Å²) in [6.07, 6.45) is 3.22. The summed E-state index contributed by atoms with van der Waals surface area (Å²) in [6, 6.07) is 17.9. The molecule has 3 aromatic heterocycles. The second-order valence-corrected chi connectivity index (χ2v) is 12.5. The molecule has 1 unspecified atom stereocenters. The number of oxazole rings is 2. The Morgan fingerprint density at radius 2 is 1.91 bits per heavy atom. The number of aromatic nitrogens is 3. The van der Waals surface area contributed by atoms with Gasteiger partial charge in [-0.1, -0.05) is 56.3 Å². The summed E-state index contributed by atoms with van der Waals surface area (Å²) in [5.74, 6) is 2.02. The van der Waals surface area contributed by atoms with E-state index < -0.39 is 23.7 Å². The third-order valence-electron chi connectivity index (χ3n) is 9.44. The third kappa shape index (κ3) is 3.60. The van der Waals surface area contributed by atoms with Gasteiger partial charge in [0.1, 0.15) is 23.0 Å². The van der Waals surface area contributed by atoms with Gasteiger partial charge < -0.3 is 40.0 Å². The van der Waals surface area contributed by atoms with Crippen LogP contribution in [0.15, 0.2) is 81.9 Å². The highest BCUT2D eigenvalue weighted by Crippen LogP contribution is 2.59. The fourth-order valence-corrected chi connectivity index (χ4v) is 7.21. The SMILES string of the molecule is CC(C)[C@@H]1NC(=O)[C@@H](N)Cc2ccc3c(c2)[C@@]2(c4ccccc4NC2O3)c2oc1nc2-c1ncc(-c2c[nH]c3c(O)cccc23)o1. The van der Waals surface area contributed by atoms with Crippen LogP contribution in [-0.4, -0.2) is 38.2 Å². The molecule has 0 fully saturated rings. The van der Waals surface area contributed by atoms with E-state index in [2.05, 4.69) is 27.8 Å². The molecule has 6 N–H and O–H groups in total. The first-order valence-corrected chi connectivity index (χ1v) is 15.3. The second kappa shape index (κ2) is 9.48. The van der Waals surface area contributed by atoms with Gasteiger partial charge in [0.05, 0.1) is 17.8 Å². The van der Waals surface area contributed by atoms with E-state index in [0.717, 1.165) is 33.3 Å². The molecule has 3 aliphatic rings. The number of para-hydroxylation sites is 2. The lowest BCUT2D eigenvalue weighted by Gasteiger charge is -2.28. The lowest BCUT2D eigenvalue weighted by molar-refractivity contribution is -0.123. The van der Waals surface area contributed by atoms with Crippen molar-refractivity contribution in [2.75, 3.05) is 5.32 Å². The normalized spacial score (nSPS) is 22.9. The number of ether oxygens (including phenoxy) is 1. The zero-order valence-corrected chi connectivity index (χ0v) is 25.0. The molecule has 0 radical (unpaired) electrons. The van der Waals surface area contributed by atoms with Crippen LogP contribution in [0.1, 0.15) is 48.2 Å². The molecule has 1 spiro atoms. The second-order valence-electron chi connectivity index (χ2n) is 12.5. The number of rotatable bonds is 3. The summed E-state index contributed by atoms with van der Waals surface area (Å²) in [4.78, 5) is 26.3. The zero-order valence-electron chi connectivity index (χ0n) is 25.0. The molecule has 4 bridgehead atoms. The molecule has 3 aliphatic heterocycles. The van der Waals surface area contributed by atoms with Crippen LogP contribution in [0.4, 0.5) is 5.69 Å². The smallest absolute Gasteiger partial charge is 0.249 e. The number of benzene rings is 3. The number of carbonyl (C=O) groups excluding carboxylic acids is 1. The number of nitrogens with zero attached hydrogens (tertiary/aromatic N) is 2. The fraction of sp³-hybridized carbons (Fsp3) is 0.229. The molecular weight excluding hydrogens is 584 g/mol. The molecule has 11 nitrogen and oxygen atoms in total. The van der Waals surface area contributed by atoms with Gasteiger partial charge in [-0.3, -0.25) is 4.79 Å². The Morgan fingerprint density at radius 1 is 1.04 bits per heavy atom. The molecule has 46 heavy (non-hydrogen) atoms. The lowest BCUT2D eigenvalue weighted by atomic mass is 9.72. The number of hydrogen-bond acceptors (Lipinski definition) is 9. The first-order chi connectivity index (χ1) is 22.3. The van der Waals surface area contributed by atoms with E-state index in [9.17, 15) is 9.90 Å². The van der Waals surface area contributed by atoms with Gasteiger partial charge >= 0.3 is 0 Å². The Bertz CT molecular complexity index is 2200. The molecule has 6 aromatic rings. The molecule has 11 heteroatoms. The van der Waals surface area contributed by atoms with Crippen LogP contribution >= 0.6 is 0 Å². The Balaban J connectivity index is 1.32. The summed E-state index contributed by atoms with van der Waals surface area (Å²) in [7, 11) is 0. The third-order valence-corrected chi connectivity index (χ3v) is 9.44. The number of fused-ring (bicyclic) bond motifs is 5. The Kier molecular flexibility index (Phi) is 5.52. The monoisotopic (exact) mass is 614 g/mol. The summed E-state index contributed by atoms with van der Waals surface area (Å²) in [5.41, 5.74) is 10.9. The van der Waals surface area contributed by atoms with E-state index in [-0.39, 0.29) is 23.5 Å². The van der Waals surface area contributed by atoms with Crippen molar-refractivity contribution in [2.24, 2.45) is 11.7 Å². The largest absolute Gasteiger partial charge is 0.506 e. The highest BCUT2D eigenvalue weighted by Gasteiger charge is 2.61. The van der Waals surface area contributed by atoms with Crippen molar-refractivity contribution in [3.63, 3.8) is 0 Å². The van der Waals surface area contributed by atoms with Gasteiger partial charge in [-0.15, -0.1) is 0 Å². The molecule has 3 aromatic carbocycles.